The number of amides is 1. The highest BCUT2D eigenvalue weighted by Gasteiger charge is 2.18. The number of carboxylic acids is 2. The van der Waals surface area contributed by atoms with Gasteiger partial charge in [-0.15, -0.1) is 10.2 Å². The summed E-state index contributed by atoms with van der Waals surface area (Å²) >= 11 is 0. The highest BCUT2D eigenvalue weighted by molar-refractivity contribution is 5.96. The van der Waals surface area contributed by atoms with E-state index in [1.165, 1.54) is 58.2 Å². The van der Waals surface area contributed by atoms with Crippen LogP contribution in [0.1, 0.15) is 38.0 Å². The van der Waals surface area contributed by atoms with Gasteiger partial charge < -0.3 is 25.7 Å². The smallest absolute Gasteiger partial charge is 0.335 e. The number of hydrogen-bond acceptors (Lipinski definition) is 10. The van der Waals surface area contributed by atoms with Gasteiger partial charge in [0.2, 0.25) is 0 Å². The Morgan fingerprint density at radius 1 is 0.683 bits per heavy atom. The van der Waals surface area contributed by atoms with Crippen molar-refractivity contribution in [2.45, 2.75) is 6.92 Å². The Morgan fingerprint density at radius 3 is 1.56 bits per heavy atom. The molecule has 0 radical (unpaired) electrons. The van der Waals surface area contributed by atoms with Gasteiger partial charge in [-0.3, -0.25) is 4.79 Å². The second-order valence-corrected chi connectivity index (χ2v) is 8.67. The summed E-state index contributed by atoms with van der Waals surface area (Å²) in [6.07, 6.45) is 2.90. The molecule has 15 nitrogen and oxygen atoms in total. The molecule has 0 aliphatic rings. The quantitative estimate of drug-likeness (QED) is 0.186. The van der Waals surface area contributed by atoms with Crippen LogP contribution in [-0.2, 0) is 0 Å². The van der Waals surface area contributed by atoms with Crippen LogP contribution in [0.3, 0.4) is 0 Å². The molecular weight excluding hydrogens is 536 g/mol. The van der Waals surface area contributed by atoms with Gasteiger partial charge in [0, 0.05) is 24.2 Å². The number of aromatic carboxylic acids is 2. The maximum atomic E-state index is 12.8. The first-order valence-corrected chi connectivity index (χ1v) is 11.9. The topological polar surface area (TPSA) is 218 Å². The first-order valence-electron chi connectivity index (χ1n) is 11.9. The fourth-order valence-electron chi connectivity index (χ4n) is 3.90. The number of phenolic OH excluding ortho intramolecular Hbond substituents is 2. The molecule has 0 bridgehead atoms. The van der Waals surface area contributed by atoms with E-state index in [2.05, 4.69) is 30.9 Å². The van der Waals surface area contributed by atoms with Crippen LogP contribution in [-0.4, -0.2) is 79.8 Å². The highest BCUT2D eigenvalue weighted by Crippen LogP contribution is 2.26. The zero-order chi connectivity index (χ0) is 29.3. The number of carbonyl (C=O) groups excluding carboxylic acids is 1. The number of rotatable bonds is 8. The first-order chi connectivity index (χ1) is 19.6. The number of carbonyl (C=O) groups is 3. The van der Waals surface area contributed by atoms with E-state index in [1.807, 2.05) is 0 Å². The second kappa shape index (κ2) is 10.6. The Labute approximate surface area is 230 Å². The molecule has 0 aliphatic carbocycles. The number of phenols is 2. The van der Waals surface area contributed by atoms with E-state index in [4.69, 9.17) is 0 Å². The molecule has 5 rings (SSSR count). The molecule has 3 aromatic heterocycles. The van der Waals surface area contributed by atoms with Gasteiger partial charge in [0.15, 0.2) is 0 Å². The number of nitrogens with one attached hydrogen (secondary N) is 1. The molecule has 5 N–H and O–H groups in total. The zero-order valence-corrected chi connectivity index (χ0v) is 21.1. The average Bonchev–Trinajstić information content (AvgIpc) is 3.63. The largest absolute Gasteiger partial charge is 0.508 e. The number of carboxylic acid groups (broad SMARTS) is 2. The lowest BCUT2D eigenvalue weighted by molar-refractivity contribution is 0.0685. The lowest BCUT2D eigenvalue weighted by atomic mass is 10.1. The summed E-state index contributed by atoms with van der Waals surface area (Å²) in [7, 11) is 0. The molecule has 0 atom stereocenters. The van der Waals surface area contributed by atoms with E-state index in [9.17, 15) is 34.8 Å². The van der Waals surface area contributed by atoms with Crippen LogP contribution >= 0.6 is 0 Å². The van der Waals surface area contributed by atoms with Crippen LogP contribution in [0.5, 0.6) is 11.5 Å². The summed E-state index contributed by atoms with van der Waals surface area (Å²) in [5.74, 6) is -3.42. The Hall–Kier alpha value is -6.12. The lowest BCUT2D eigenvalue weighted by Crippen LogP contribution is -2.22. The number of hydrogen-bond donors (Lipinski definition) is 5. The summed E-state index contributed by atoms with van der Waals surface area (Å²) in [5.41, 5.74) is 1.30. The van der Waals surface area contributed by atoms with E-state index >= 15 is 0 Å². The molecule has 0 fully saturated rings. The number of pyridine rings is 1. The SMILES string of the molecule is CCNC(=O)c1cc(-c2cn(-c3cc(O)cc(C(=O)O)c3)nn2)nc(-c2cn(-c3cc(O)cc(C(=O)O)c3)nn2)c1. The van der Waals surface area contributed by atoms with Gasteiger partial charge in [0.25, 0.3) is 5.91 Å². The van der Waals surface area contributed by atoms with Crippen molar-refractivity contribution in [3.05, 3.63) is 77.6 Å². The second-order valence-electron chi connectivity index (χ2n) is 8.67. The number of nitrogens with zero attached hydrogens (tertiary/aromatic N) is 7. The fourth-order valence-corrected chi connectivity index (χ4v) is 3.90. The van der Waals surface area contributed by atoms with Crippen LogP contribution < -0.4 is 5.32 Å². The molecule has 206 valence electrons. The van der Waals surface area contributed by atoms with Crippen LogP contribution in [0.2, 0.25) is 0 Å². The van der Waals surface area contributed by atoms with Gasteiger partial charge in [-0.1, -0.05) is 10.4 Å². The minimum atomic E-state index is -1.23. The fraction of sp³-hybridized carbons (Fsp3) is 0.0769. The summed E-state index contributed by atoms with van der Waals surface area (Å²) in [6.45, 7) is 2.13. The molecule has 1 amide bonds. The summed E-state index contributed by atoms with van der Waals surface area (Å²) in [4.78, 5) is 40.1. The number of aromatic nitrogens is 7. The maximum Gasteiger partial charge on any atom is 0.335 e. The molecule has 3 heterocycles. The summed E-state index contributed by atoms with van der Waals surface area (Å²) in [6, 6.07) is 10.4. The van der Waals surface area contributed by atoms with Crippen LogP contribution in [0, 0.1) is 0 Å². The van der Waals surface area contributed by atoms with E-state index in [-0.39, 0.29) is 62.3 Å². The van der Waals surface area contributed by atoms with Crippen LogP contribution in [0.25, 0.3) is 34.2 Å². The Bertz CT molecular complexity index is 1710. The highest BCUT2D eigenvalue weighted by atomic mass is 16.4. The van der Waals surface area contributed by atoms with Crippen molar-refractivity contribution in [2.24, 2.45) is 0 Å². The summed E-state index contributed by atoms with van der Waals surface area (Å²) < 4.78 is 2.50. The van der Waals surface area contributed by atoms with Crippen molar-refractivity contribution in [1.29, 1.82) is 0 Å². The normalized spacial score (nSPS) is 10.9. The molecule has 5 aromatic rings. The third-order valence-electron chi connectivity index (χ3n) is 5.76. The average molecular weight is 556 g/mol. The van der Waals surface area contributed by atoms with Crippen LogP contribution in [0.4, 0.5) is 0 Å². The van der Waals surface area contributed by atoms with E-state index < -0.39 is 17.8 Å². The predicted molar refractivity (Wildman–Crippen MR) is 140 cm³/mol. The van der Waals surface area contributed by atoms with Gasteiger partial charge in [-0.2, -0.15) is 0 Å². The molecule has 0 saturated carbocycles. The van der Waals surface area contributed by atoms with Crippen LogP contribution in [0.15, 0.2) is 60.9 Å². The van der Waals surface area contributed by atoms with Gasteiger partial charge in [0.1, 0.15) is 22.9 Å². The molecular formula is C26H20N8O7. The minimum Gasteiger partial charge on any atom is -0.508 e. The van der Waals surface area contributed by atoms with Crippen molar-refractivity contribution in [2.75, 3.05) is 6.54 Å². The van der Waals surface area contributed by atoms with Crippen molar-refractivity contribution in [3.63, 3.8) is 0 Å². The Balaban J connectivity index is 1.56. The molecule has 41 heavy (non-hydrogen) atoms. The molecule has 0 saturated heterocycles. The van der Waals surface area contributed by atoms with Crippen molar-refractivity contribution >= 4 is 17.8 Å². The number of benzene rings is 2. The molecule has 2 aromatic carbocycles. The molecule has 0 unspecified atom stereocenters. The monoisotopic (exact) mass is 556 g/mol. The van der Waals surface area contributed by atoms with Gasteiger partial charge in [0.05, 0.1) is 46.3 Å². The van der Waals surface area contributed by atoms with Crippen molar-refractivity contribution in [1.82, 2.24) is 40.3 Å². The summed E-state index contributed by atoms with van der Waals surface area (Å²) in [5, 5.41) is 57.4. The Morgan fingerprint density at radius 2 is 1.15 bits per heavy atom. The van der Waals surface area contributed by atoms with E-state index in [1.54, 1.807) is 6.92 Å². The number of aromatic hydroxyl groups is 2. The standard InChI is InChI=1S/C26H20N8O7/c1-2-27-24(37)13-7-20(22-11-33(31-29-22)16-3-14(25(38)39)5-18(35)9-16)28-21(8-13)23-12-34(32-30-23)17-4-15(26(40)41)6-19(36)10-17/h3-12,35-36H,2H2,1H3,(H,27,37)(H,38,39)(H,40,41). The lowest BCUT2D eigenvalue weighted by Gasteiger charge is -2.07. The maximum absolute atomic E-state index is 12.8. The molecule has 15 heteroatoms. The van der Waals surface area contributed by atoms with E-state index in [0.29, 0.717) is 6.54 Å². The predicted octanol–water partition coefficient (Wildman–Crippen LogP) is 2.13. The molecule has 0 spiro atoms. The van der Waals surface area contributed by atoms with Gasteiger partial charge >= 0.3 is 11.9 Å². The van der Waals surface area contributed by atoms with Crippen molar-refractivity contribution < 1.29 is 34.8 Å². The van der Waals surface area contributed by atoms with Gasteiger partial charge in [-0.25, -0.2) is 23.9 Å². The van der Waals surface area contributed by atoms with E-state index in [0.717, 1.165) is 12.1 Å². The third-order valence-corrected chi connectivity index (χ3v) is 5.76. The minimum absolute atomic E-state index is 0.152. The zero-order valence-electron chi connectivity index (χ0n) is 21.1. The van der Waals surface area contributed by atoms with Gasteiger partial charge in [-0.05, 0) is 43.3 Å². The Kier molecular flexibility index (Phi) is 6.82. The first kappa shape index (κ1) is 26.5. The molecule has 0 aliphatic heterocycles. The third kappa shape index (κ3) is 5.53. The van der Waals surface area contributed by atoms with Crippen molar-refractivity contribution in [3.8, 4) is 45.6 Å².